The standard InChI is InChI=1S/C25H41NO4/c1-17(2)16-30-23(29)26-22(25(6)10-8-7-9-11-25)21(28)13-19-12-20(18(3)27)15-24(4,5)14-19/h13,17,20,22H,7-12,14-16H2,1-6H3,(H,26,29)/b19-13-/t20-,22+/m0/s1. The molecule has 0 radical (unpaired) electrons. The average Bonchev–Trinajstić information content (AvgIpc) is 2.63. The fourth-order valence-electron chi connectivity index (χ4n) is 5.14. The lowest BCUT2D eigenvalue weighted by molar-refractivity contribution is -0.122. The van der Waals surface area contributed by atoms with Crippen LogP contribution >= 0.6 is 0 Å². The lowest BCUT2D eigenvalue weighted by Crippen LogP contribution is -2.52. The van der Waals surface area contributed by atoms with E-state index in [1.54, 1.807) is 13.0 Å². The Labute approximate surface area is 182 Å². The monoisotopic (exact) mass is 419 g/mol. The van der Waals surface area contributed by atoms with Crippen LogP contribution in [0.15, 0.2) is 11.6 Å². The number of ketones is 2. The van der Waals surface area contributed by atoms with Gasteiger partial charge in [-0.2, -0.15) is 0 Å². The summed E-state index contributed by atoms with van der Waals surface area (Å²) in [5.74, 6) is 0.342. The number of nitrogens with one attached hydrogen (secondary N) is 1. The second-order valence-electron chi connectivity index (χ2n) is 11.0. The van der Waals surface area contributed by atoms with Crippen molar-refractivity contribution in [1.29, 1.82) is 0 Å². The first-order valence-corrected chi connectivity index (χ1v) is 11.6. The van der Waals surface area contributed by atoms with Gasteiger partial charge in [-0.05, 0) is 61.9 Å². The van der Waals surface area contributed by atoms with Crippen LogP contribution in [0.1, 0.15) is 92.9 Å². The molecular formula is C25H41NO4. The minimum absolute atomic E-state index is 0.00540. The lowest BCUT2D eigenvalue weighted by atomic mass is 9.67. The highest BCUT2D eigenvalue weighted by atomic mass is 16.5. The molecule has 30 heavy (non-hydrogen) atoms. The molecule has 1 amide bonds. The van der Waals surface area contributed by atoms with Crippen LogP contribution in [0.2, 0.25) is 0 Å². The maximum absolute atomic E-state index is 13.4. The molecule has 0 aromatic rings. The zero-order chi connectivity index (χ0) is 22.5. The second kappa shape index (κ2) is 10.1. The van der Waals surface area contributed by atoms with Gasteiger partial charge in [0.25, 0.3) is 0 Å². The molecule has 2 aliphatic rings. The normalized spacial score (nSPS) is 25.6. The summed E-state index contributed by atoms with van der Waals surface area (Å²) in [5.41, 5.74) is 0.750. The molecule has 0 aromatic carbocycles. The molecule has 2 rings (SSSR count). The molecule has 5 nitrogen and oxygen atoms in total. The number of Topliss-reactive ketones (excluding diaryl/α,β-unsaturated/α-hetero) is 1. The summed E-state index contributed by atoms with van der Waals surface area (Å²) in [6.07, 6.45) is 8.66. The van der Waals surface area contributed by atoms with E-state index < -0.39 is 12.1 Å². The molecule has 0 bridgehead atoms. The lowest BCUT2D eigenvalue weighted by Gasteiger charge is -2.40. The first-order valence-electron chi connectivity index (χ1n) is 11.6. The molecule has 170 valence electrons. The van der Waals surface area contributed by atoms with E-state index in [4.69, 9.17) is 4.74 Å². The summed E-state index contributed by atoms with van der Waals surface area (Å²) in [4.78, 5) is 37.9. The molecule has 2 fully saturated rings. The molecule has 0 unspecified atom stereocenters. The zero-order valence-corrected chi connectivity index (χ0v) is 19.8. The van der Waals surface area contributed by atoms with Crippen LogP contribution in [0.4, 0.5) is 4.79 Å². The predicted octanol–water partition coefficient (Wildman–Crippen LogP) is 5.62. The van der Waals surface area contributed by atoms with Gasteiger partial charge in [0.15, 0.2) is 5.78 Å². The third kappa shape index (κ3) is 6.95. The van der Waals surface area contributed by atoms with Crippen molar-refractivity contribution in [2.75, 3.05) is 6.61 Å². The summed E-state index contributed by atoms with van der Waals surface area (Å²) in [7, 11) is 0. The van der Waals surface area contributed by atoms with E-state index in [-0.39, 0.29) is 34.2 Å². The van der Waals surface area contributed by atoms with E-state index in [0.29, 0.717) is 13.0 Å². The SMILES string of the molecule is CC(=O)[C@H]1C/C(=C/C(=O)[C@@H](NC(=O)OCC(C)C)C2(C)CCCCC2)CC(C)(C)C1. The number of carbonyl (C=O) groups is 3. The fourth-order valence-corrected chi connectivity index (χ4v) is 5.14. The van der Waals surface area contributed by atoms with Crippen molar-refractivity contribution in [2.24, 2.45) is 22.7 Å². The van der Waals surface area contributed by atoms with Gasteiger partial charge in [-0.3, -0.25) is 9.59 Å². The highest BCUT2D eigenvalue weighted by Gasteiger charge is 2.41. The van der Waals surface area contributed by atoms with Crippen LogP contribution in [-0.2, 0) is 14.3 Å². The van der Waals surface area contributed by atoms with Crippen LogP contribution in [0.25, 0.3) is 0 Å². The van der Waals surface area contributed by atoms with Crippen molar-refractivity contribution >= 4 is 17.7 Å². The molecule has 0 heterocycles. The Morgan fingerprint density at radius 3 is 2.33 bits per heavy atom. The van der Waals surface area contributed by atoms with Gasteiger partial charge in [-0.1, -0.05) is 59.5 Å². The van der Waals surface area contributed by atoms with Gasteiger partial charge in [0.2, 0.25) is 0 Å². The topological polar surface area (TPSA) is 72.5 Å². The molecule has 0 saturated heterocycles. The minimum Gasteiger partial charge on any atom is -0.449 e. The van der Waals surface area contributed by atoms with Crippen LogP contribution in [0, 0.1) is 22.7 Å². The molecule has 2 atom stereocenters. The van der Waals surface area contributed by atoms with E-state index in [2.05, 4.69) is 26.1 Å². The molecule has 5 heteroatoms. The Morgan fingerprint density at radius 2 is 1.77 bits per heavy atom. The molecule has 1 N–H and O–H groups in total. The quantitative estimate of drug-likeness (QED) is 0.544. The summed E-state index contributed by atoms with van der Waals surface area (Å²) < 4.78 is 5.32. The Hall–Kier alpha value is -1.65. The summed E-state index contributed by atoms with van der Waals surface area (Å²) in [6, 6.07) is -0.592. The van der Waals surface area contributed by atoms with Crippen LogP contribution < -0.4 is 5.32 Å². The Balaban J connectivity index is 2.23. The number of alkyl carbamates (subject to hydrolysis) is 1. The fraction of sp³-hybridized carbons (Fsp3) is 0.800. The van der Waals surface area contributed by atoms with Crippen LogP contribution in [-0.4, -0.2) is 30.3 Å². The van der Waals surface area contributed by atoms with Gasteiger partial charge in [-0.25, -0.2) is 4.79 Å². The predicted molar refractivity (Wildman–Crippen MR) is 119 cm³/mol. The van der Waals surface area contributed by atoms with E-state index in [1.807, 2.05) is 13.8 Å². The molecule has 0 spiro atoms. The third-order valence-electron chi connectivity index (χ3n) is 6.72. The molecular weight excluding hydrogens is 378 g/mol. The van der Waals surface area contributed by atoms with E-state index >= 15 is 0 Å². The van der Waals surface area contributed by atoms with Gasteiger partial charge >= 0.3 is 6.09 Å². The maximum Gasteiger partial charge on any atom is 0.407 e. The van der Waals surface area contributed by atoms with Gasteiger partial charge in [0, 0.05) is 5.92 Å². The highest BCUT2D eigenvalue weighted by molar-refractivity contribution is 5.97. The average molecular weight is 420 g/mol. The summed E-state index contributed by atoms with van der Waals surface area (Å²) >= 11 is 0. The largest absolute Gasteiger partial charge is 0.449 e. The van der Waals surface area contributed by atoms with Crippen LogP contribution in [0.3, 0.4) is 0 Å². The Morgan fingerprint density at radius 1 is 1.13 bits per heavy atom. The van der Waals surface area contributed by atoms with Crippen molar-refractivity contribution in [1.82, 2.24) is 5.32 Å². The number of allylic oxidation sites excluding steroid dienone is 1. The summed E-state index contributed by atoms with van der Waals surface area (Å²) in [5, 5.41) is 2.90. The zero-order valence-electron chi connectivity index (χ0n) is 19.8. The van der Waals surface area contributed by atoms with Gasteiger partial charge < -0.3 is 10.1 Å². The highest BCUT2D eigenvalue weighted by Crippen LogP contribution is 2.43. The number of hydrogen-bond acceptors (Lipinski definition) is 4. The number of rotatable bonds is 7. The Bertz CT molecular complexity index is 671. The van der Waals surface area contributed by atoms with Gasteiger partial charge in [0.05, 0.1) is 6.61 Å². The number of amides is 1. The van der Waals surface area contributed by atoms with Crippen LogP contribution in [0.5, 0.6) is 0 Å². The number of ether oxygens (including phenoxy) is 1. The van der Waals surface area contributed by atoms with E-state index in [9.17, 15) is 14.4 Å². The summed E-state index contributed by atoms with van der Waals surface area (Å²) in [6.45, 7) is 12.4. The Kier molecular flexibility index (Phi) is 8.29. The maximum atomic E-state index is 13.4. The molecule has 2 aliphatic carbocycles. The smallest absolute Gasteiger partial charge is 0.407 e. The van der Waals surface area contributed by atoms with Crippen molar-refractivity contribution in [3.63, 3.8) is 0 Å². The third-order valence-corrected chi connectivity index (χ3v) is 6.72. The van der Waals surface area contributed by atoms with Gasteiger partial charge in [-0.15, -0.1) is 0 Å². The molecule has 2 saturated carbocycles. The van der Waals surface area contributed by atoms with Crippen molar-refractivity contribution < 1.29 is 19.1 Å². The number of carbonyl (C=O) groups excluding carboxylic acids is 3. The molecule has 0 aliphatic heterocycles. The first kappa shape index (κ1) is 24.6. The van der Waals surface area contributed by atoms with Gasteiger partial charge in [0.1, 0.15) is 11.8 Å². The van der Waals surface area contributed by atoms with Crippen molar-refractivity contribution in [3.8, 4) is 0 Å². The number of hydrogen-bond donors (Lipinski definition) is 1. The second-order valence-corrected chi connectivity index (χ2v) is 11.0. The molecule has 0 aromatic heterocycles. The minimum atomic E-state index is -0.592. The van der Waals surface area contributed by atoms with Crippen molar-refractivity contribution in [3.05, 3.63) is 11.6 Å². The van der Waals surface area contributed by atoms with E-state index in [0.717, 1.165) is 44.1 Å². The van der Waals surface area contributed by atoms with Crippen molar-refractivity contribution in [2.45, 2.75) is 99.0 Å². The first-order chi connectivity index (χ1) is 13.9. The van der Waals surface area contributed by atoms with E-state index in [1.165, 1.54) is 6.42 Å².